The molecule has 3 fully saturated rings. The van der Waals surface area contributed by atoms with Crippen LogP contribution in [-0.2, 0) is 16.1 Å². The Balaban J connectivity index is 1.35. The van der Waals surface area contributed by atoms with E-state index in [1.54, 1.807) is 0 Å². The van der Waals surface area contributed by atoms with Crippen molar-refractivity contribution in [2.45, 2.75) is 51.2 Å². The number of carbonyl (C=O) groups is 2. The molecule has 122 valence electrons. The van der Waals surface area contributed by atoms with Gasteiger partial charge in [-0.25, -0.2) is 4.79 Å². The fourth-order valence-electron chi connectivity index (χ4n) is 4.37. The Kier molecular flexibility index (Phi) is 3.83. The SMILES string of the molecule is O=C(O[C@@H]1C[C@H]2CC[C@H]1C2)c1ccc(CN2CCCC2=O)cc1. The van der Waals surface area contributed by atoms with E-state index in [0.29, 0.717) is 24.4 Å². The molecule has 1 saturated heterocycles. The van der Waals surface area contributed by atoms with E-state index < -0.39 is 0 Å². The molecule has 4 heteroatoms. The third kappa shape index (κ3) is 2.99. The molecule has 0 N–H and O–H groups in total. The van der Waals surface area contributed by atoms with Crippen LogP contribution in [0.5, 0.6) is 0 Å². The molecule has 2 bridgehead atoms. The average Bonchev–Trinajstić information content (AvgIpc) is 3.26. The summed E-state index contributed by atoms with van der Waals surface area (Å²) < 4.78 is 5.72. The van der Waals surface area contributed by atoms with Crippen molar-refractivity contribution in [3.05, 3.63) is 35.4 Å². The lowest BCUT2D eigenvalue weighted by molar-refractivity contribution is -0.128. The Morgan fingerprint density at radius 2 is 2.00 bits per heavy atom. The smallest absolute Gasteiger partial charge is 0.338 e. The minimum atomic E-state index is -0.202. The molecule has 1 aromatic carbocycles. The number of nitrogens with zero attached hydrogens (tertiary/aromatic N) is 1. The van der Waals surface area contributed by atoms with Gasteiger partial charge in [0.1, 0.15) is 6.10 Å². The van der Waals surface area contributed by atoms with Crippen LogP contribution in [0.1, 0.15) is 54.4 Å². The lowest BCUT2D eigenvalue weighted by atomic mass is 9.98. The number of likely N-dealkylation sites (tertiary alicyclic amines) is 1. The van der Waals surface area contributed by atoms with Gasteiger partial charge in [-0.05, 0) is 61.6 Å². The molecule has 1 aliphatic heterocycles. The molecule has 3 aliphatic rings. The highest BCUT2D eigenvalue weighted by Crippen LogP contribution is 2.46. The van der Waals surface area contributed by atoms with Gasteiger partial charge in [0.05, 0.1) is 5.56 Å². The van der Waals surface area contributed by atoms with Crippen molar-refractivity contribution in [2.24, 2.45) is 11.8 Å². The molecule has 2 saturated carbocycles. The number of amides is 1. The number of esters is 1. The summed E-state index contributed by atoms with van der Waals surface area (Å²) in [5.74, 6) is 1.39. The number of hydrogen-bond donors (Lipinski definition) is 0. The first-order valence-electron chi connectivity index (χ1n) is 8.77. The fraction of sp³-hybridized carbons (Fsp3) is 0.579. The summed E-state index contributed by atoms with van der Waals surface area (Å²) in [5, 5.41) is 0. The van der Waals surface area contributed by atoms with Gasteiger partial charge in [-0.1, -0.05) is 12.1 Å². The first-order chi connectivity index (χ1) is 11.2. The Morgan fingerprint density at radius 1 is 1.17 bits per heavy atom. The predicted octanol–water partition coefficient (Wildman–Crippen LogP) is 3.15. The maximum Gasteiger partial charge on any atom is 0.338 e. The zero-order valence-electron chi connectivity index (χ0n) is 13.4. The van der Waals surface area contributed by atoms with Gasteiger partial charge in [-0.15, -0.1) is 0 Å². The summed E-state index contributed by atoms with van der Waals surface area (Å²) in [6.07, 6.45) is 6.55. The highest BCUT2D eigenvalue weighted by atomic mass is 16.5. The van der Waals surface area contributed by atoms with Crippen LogP contribution in [0, 0.1) is 11.8 Å². The molecule has 0 unspecified atom stereocenters. The normalized spacial score (nSPS) is 29.3. The molecular weight excluding hydrogens is 290 g/mol. The summed E-state index contributed by atoms with van der Waals surface area (Å²) in [7, 11) is 0. The van der Waals surface area contributed by atoms with E-state index in [2.05, 4.69) is 0 Å². The van der Waals surface area contributed by atoms with E-state index in [-0.39, 0.29) is 18.0 Å². The van der Waals surface area contributed by atoms with Crippen molar-refractivity contribution in [3.63, 3.8) is 0 Å². The number of carbonyl (C=O) groups excluding carboxylic acids is 2. The summed E-state index contributed by atoms with van der Waals surface area (Å²) in [6, 6.07) is 7.52. The van der Waals surface area contributed by atoms with E-state index in [0.717, 1.165) is 30.9 Å². The molecule has 23 heavy (non-hydrogen) atoms. The van der Waals surface area contributed by atoms with Crippen LogP contribution in [-0.4, -0.2) is 29.4 Å². The highest BCUT2D eigenvalue weighted by molar-refractivity contribution is 5.89. The number of fused-ring (bicyclic) bond motifs is 2. The first kappa shape index (κ1) is 14.7. The third-order valence-corrected chi connectivity index (χ3v) is 5.67. The topological polar surface area (TPSA) is 46.6 Å². The molecule has 3 atom stereocenters. The number of hydrogen-bond acceptors (Lipinski definition) is 3. The predicted molar refractivity (Wildman–Crippen MR) is 85.7 cm³/mol. The summed E-state index contributed by atoms with van der Waals surface area (Å²) in [6.45, 7) is 1.48. The standard InChI is InChI=1S/C19H23NO3/c21-18-2-1-9-20(18)12-13-3-6-15(7-4-13)19(22)23-17-11-14-5-8-16(17)10-14/h3-4,6-7,14,16-17H,1-2,5,8-12H2/t14-,16-,17+/m0/s1. The Hall–Kier alpha value is -1.84. The van der Waals surface area contributed by atoms with Crippen LogP contribution < -0.4 is 0 Å². The lowest BCUT2D eigenvalue weighted by Crippen LogP contribution is -2.24. The monoisotopic (exact) mass is 313 g/mol. The minimum absolute atomic E-state index is 0.128. The Bertz CT molecular complexity index is 610. The van der Waals surface area contributed by atoms with Gasteiger partial charge in [-0.2, -0.15) is 0 Å². The molecule has 4 nitrogen and oxygen atoms in total. The fourth-order valence-corrected chi connectivity index (χ4v) is 4.37. The molecule has 4 rings (SSSR count). The molecule has 1 aromatic rings. The molecule has 0 spiro atoms. The molecule has 2 aliphatic carbocycles. The highest BCUT2D eigenvalue weighted by Gasteiger charge is 2.41. The van der Waals surface area contributed by atoms with Crippen LogP contribution in [0.4, 0.5) is 0 Å². The lowest BCUT2D eigenvalue weighted by Gasteiger charge is -2.22. The maximum atomic E-state index is 12.3. The van der Waals surface area contributed by atoms with Crippen LogP contribution in [0.3, 0.4) is 0 Å². The van der Waals surface area contributed by atoms with Crippen molar-refractivity contribution in [1.29, 1.82) is 0 Å². The molecule has 1 amide bonds. The largest absolute Gasteiger partial charge is 0.458 e. The van der Waals surface area contributed by atoms with Gasteiger partial charge in [-0.3, -0.25) is 4.79 Å². The molecule has 0 aromatic heterocycles. The quantitative estimate of drug-likeness (QED) is 0.802. The molecule has 1 heterocycles. The molecular formula is C19H23NO3. The van der Waals surface area contributed by atoms with Gasteiger partial charge in [0.15, 0.2) is 0 Å². The van der Waals surface area contributed by atoms with E-state index in [1.165, 1.54) is 19.3 Å². The number of rotatable bonds is 4. The zero-order valence-corrected chi connectivity index (χ0v) is 13.4. The van der Waals surface area contributed by atoms with E-state index in [1.807, 2.05) is 29.2 Å². The van der Waals surface area contributed by atoms with Crippen LogP contribution in [0.25, 0.3) is 0 Å². The minimum Gasteiger partial charge on any atom is -0.458 e. The van der Waals surface area contributed by atoms with Crippen molar-refractivity contribution < 1.29 is 14.3 Å². The van der Waals surface area contributed by atoms with Gasteiger partial charge < -0.3 is 9.64 Å². The van der Waals surface area contributed by atoms with Crippen molar-refractivity contribution in [3.8, 4) is 0 Å². The molecule has 0 radical (unpaired) electrons. The number of ether oxygens (including phenoxy) is 1. The van der Waals surface area contributed by atoms with Crippen molar-refractivity contribution in [1.82, 2.24) is 4.90 Å². The van der Waals surface area contributed by atoms with E-state index in [4.69, 9.17) is 4.74 Å². The van der Waals surface area contributed by atoms with Crippen LogP contribution in [0.15, 0.2) is 24.3 Å². The average molecular weight is 313 g/mol. The summed E-state index contributed by atoms with van der Waals surface area (Å²) in [5.41, 5.74) is 1.68. The van der Waals surface area contributed by atoms with Gasteiger partial charge >= 0.3 is 5.97 Å². The van der Waals surface area contributed by atoms with Crippen LogP contribution in [0.2, 0.25) is 0 Å². The van der Waals surface area contributed by atoms with Crippen molar-refractivity contribution >= 4 is 11.9 Å². The summed E-state index contributed by atoms with van der Waals surface area (Å²) in [4.78, 5) is 25.8. The maximum absolute atomic E-state index is 12.3. The van der Waals surface area contributed by atoms with Gasteiger partial charge in [0, 0.05) is 19.5 Å². The third-order valence-electron chi connectivity index (χ3n) is 5.67. The van der Waals surface area contributed by atoms with Crippen molar-refractivity contribution in [2.75, 3.05) is 6.54 Å². The first-order valence-corrected chi connectivity index (χ1v) is 8.77. The van der Waals surface area contributed by atoms with E-state index >= 15 is 0 Å². The van der Waals surface area contributed by atoms with Gasteiger partial charge in [0.2, 0.25) is 5.91 Å². The van der Waals surface area contributed by atoms with E-state index in [9.17, 15) is 9.59 Å². The van der Waals surface area contributed by atoms with Gasteiger partial charge in [0.25, 0.3) is 0 Å². The zero-order chi connectivity index (χ0) is 15.8. The Morgan fingerprint density at radius 3 is 2.61 bits per heavy atom. The summed E-state index contributed by atoms with van der Waals surface area (Å²) >= 11 is 0. The van der Waals surface area contributed by atoms with Crippen LogP contribution >= 0.6 is 0 Å². The second-order valence-electron chi connectivity index (χ2n) is 7.23. The number of benzene rings is 1. The Labute approximate surface area is 136 Å². The second kappa shape index (κ2) is 5.99. The second-order valence-corrected chi connectivity index (χ2v) is 7.23.